The summed E-state index contributed by atoms with van der Waals surface area (Å²) >= 11 is 3.17. The molecule has 1 heterocycles. The minimum absolute atomic E-state index is 0.196. The number of halogens is 4. The first kappa shape index (κ1) is 11.0. The Labute approximate surface area is 93.8 Å². The van der Waals surface area contributed by atoms with E-state index < -0.39 is 11.7 Å². The van der Waals surface area contributed by atoms with Crippen LogP contribution in [0.4, 0.5) is 13.2 Å². The van der Waals surface area contributed by atoms with Gasteiger partial charge in [0.2, 0.25) is 0 Å². The molecule has 0 saturated carbocycles. The molecule has 1 aromatic carbocycles. The smallest absolute Gasteiger partial charge is 0.310 e. The van der Waals surface area contributed by atoms with E-state index in [0.29, 0.717) is 4.47 Å². The van der Waals surface area contributed by atoms with E-state index in [1.165, 1.54) is 6.07 Å². The first-order valence-electron chi connectivity index (χ1n) is 4.58. The van der Waals surface area contributed by atoms with Crippen LogP contribution in [-0.2, 0) is 6.18 Å². The molecule has 15 heavy (non-hydrogen) atoms. The molecule has 5 heteroatoms. The van der Waals surface area contributed by atoms with Gasteiger partial charge in [0.25, 0.3) is 0 Å². The number of hydrogen-bond donors (Lipinski definition) is 1. The van der Waals surface area contributed by atoms with Crippen LogP contribution in [0.25, 0.3) is 0 Å². The number of rotatable bonds is 1. The molecule has 1 unspecified atom stereocenters. The predicted molar refractivity (Wildman–Crippen MR) is 54.5 cm³/mol. The van der Waals surface area contributed by atoms with E-state index in [2.05, 4.69) is 21.2 Å². The van der Waals surface area contributed by atoms with Crippen LogP contribution >= 0.6 is 15.9 Å². The van der Waals surface area contributed by atoms with Crippen LogP contribution in [0.15, 0.2) is 22.7 Å². The van der Waals surface area contributed by atoms with Gasteiger partial charge in [0.1, 0.15) is 0 Å². The van der Waals surface area contributed by atoms with Crippen LogP contribution in [0, 0.1) is 0 Å². The molecule has 0 bridgehead atoms. The van der Waals surface area contributed by atoms with Crippen molar-refractivity contribution < 1.29 is 13.2 Å². The van der Waals surface area contributed by atoms with Gasteiger partial charge in [-0.1, -0.05) is 22.0 Å². The summed E-state index contributed by atoms with van der Waals surface area (Å²) in [7, 11) is 0. The third-order valence-electron chi connectivity index (χ3n) is 2.53. The van der Waals surface area contributed by atoms with Crippen LogP contribution in [0.1, 0.15) is 23.6 Å². The Bertz CT molecular complexity index is 371. The first-order chi connectivity index (χ1) is 6.98. The second-order valence-electron chi connectivity index (χ2n) is 3.53. The van der Waals surface area contributed by atoms with Crippen molar-refractivity contribution in [2.75, 3.05) is 6.54 Å². The van der Waals surface area contributed by atoms with Gasteiger partial charge in [-0.2, -0.15) is 13.2 Å². The van der Waals surface area contributed by atoms with Crippen molar-refractivity contribution in [1.29, 1.82) is 0 Å². The summed E-state index contributed by atoms with van der Waals surface area (Å²) in [5.41, 5.74) is 0.284. The van der Waals surface area contributed by atoms with E-state index in [0.717, 1.165) is 30.7 Å². The SMILES string of the molecule is FC(F)(F)c1ccc(C2CCN2)c(Br)c1. The molecule has 1 atom stereocenters. The molecule has 1 saturated heterocycles. The molecule has 82 valence electrons. The molecule has 1 N–H and O–H groups in total. The molecule has 0 aliphatic carbocycles. The van der Waals surface area contributed by atoms with Gasteiger partial charge in [0.05, 0.1) is 5.56 Å². The minimum atomic E-state index is -4.27. The highest BCUT2D eigenvalue weighted by atomic mass is 79.9. The second kappa shape index (κ2) is 3.79. The molecule has 1 aromatic rings. The first-order valence-corrected chi connectivity index (χ1v) is 5.38. The van der Waals surface area contributed by atoms with Gasteiger partial charge in [-0.3, -0.25) is 0 Å². The molecular formula is C10H9BrF3N. The summed E-state index contributed by atoms with van der Waals surface area (Å²) in [6, 6.07) is 3.99. The maximum atomic E-state index is 12.4. The normalized spacial score (nSPS) is 21.2. The maximum absolute atomic E-state index is 12.4. The summed E-state index contributed by atoms with van der Waals surface area (Å²) in [6.45, 7) is 0.929. The lowest BCUT2D eigenvalue weighted by Crippen LogP contribution is -2.35. The third-order valence-corrected chi connectivity index (χ3v) is 3.21. The molecule has 2 rings (SSSR count). The highest BCUT2D eigenvalue weighted by molar-refractivity contribution is 9.10. The van der Waals surface area contributed by atoms with Gasteiger partial charge in [-0.25, -0.2) is 0 Å². The van der Waals surface area contributed by atoms with Gasteiger partial charge in [0.15, 0.2) is 0 Å². The zero-order chi connectivity index (χ0) is 11.1. The molecule has 1 nitrogen and oxygen atoms in total. The Morgan fingerprint density at radius 2 is 2.00 bits per heavy atom. The highest BCUT2D eigenvalue weighted by Gasteiger charge is 2.31. The molecule has 1 aliphatic heterocycles. The largest absolute Gasteiger partial charge is 0.416 e. The second-order valence-corrected chi connectivity index (χ2v) is 4.38. The number of nitrogens with one attached hydrogen (secondary N) is 1. The minimum Gasteiger partial charge on any atom is -0.310 e. The monoisotopic (exact) mass is 279 g/mol. The van der Waals surface area contributed by atoms with Gasteiger partial charge in [-0.05, 0) is 30.7 Å². The topological polar surface area (TPSA) is 12.0 Å². The molecule has 0 radical (unpaired) electrons. The quantitative estimate of drug-likeness (QED) is 0.830. The lowest BCUT2D eigenvalue weighted by Gasteiger charge is -2.29. The van der Waals surface area contributed by atoms with Crippen molar-refractivity contribution in [2.45, 2.75) is 18.6 Å². The summed E-state index contributed by atoms with van der Waals surface area (Å²) in [5.74, 6) is 0. The summed E-state index contributed by atoms with van der Waals surface area (Å²) < 4.78 is 37.6. The number of benzene rings is 1. The van der Waals surface area contributed by atoms with Crippen molar-refractivity contribution in [1.82, 2.24) is 5.32 Å². The van der Waals surface area contributed by atoms with Crippen molar-refractivity contribution in [3.63, 3.8) is 0 Å². The Hall–Kier alpha value is -0.550. The van der Waals surface area contributed by atoms with Crippen molar-refractivity contribution in [3.05, 3.63) is 33.8 Å². The fourth-order valence-corrected chi connectivity index (χ4v) is 2.20. The highest BCUT2D eigenvalue weighted by Crippen LogP contribution is 2.35. The standard InChI is InChI=1S/C10H9BrF3N/c11-8-5-6(10(12,13)14)1-2-7(8)9-3-4-15-9/h1-2,5,9,15H,3-4H2. The van der Waals surface area contributed by atoms with Crippen LogP contribution in [-0.4, -0.2) is 6.54 Å². The van der Waals surface area contributed by atoms with Gasteiger partial charge >= 0.3 is 6.18 Å². The molecule has 0 spiro atoms. The number of hydrogen-bond acceptors (Lipinski definition) is 1. The predicted octanol–water partition coefficient (Wildman–Crippen LogP) is 3.50. The van der Waals surface area contributed by atoms with Crippen LogP contribution in [0.5, 0.6) is 0 Å². The molecular weight excluding hydrogens is 271 g/mol. The average molecular weight is 280 g/mol. The van der Waals surface area contributed by atoms with E-state index in [9.17, 15) is 13.2 Å². The molecule has 1 fully saturated rings. The van der Waals surface area contributed by atoms with Gasteiger partial charge < -0.3 is 5.32 Å². The molecule has 1 aliphatic rings. The Morgan fingerprint density at radius 1 is 1.33 bits per heavy atom. The Balaban J connectivity index is 2.30. The van der Waals surface area contributed by atoms with Gasteiger partial charge in [0, 0.05) is 10.5 Å². The average Bonchev–Trinajstić information content (AvgIpc) is 2.03. The van der Waals surface area contributed by atoms with Crippen LogP contribution in [0.2, 0.25) is 0 Å². The zero-order valence-corrected chi connectivity index (χ0v) is 9.32. The lowest BCUT2D eigenvalue weighted by molar-refractivity contribution is -0.137. The van der Waals surface area contributed by atoms with Crippen molar-refractivity contribution in [3.8, 4) is 0 Å². The van der Waals surface area contributed by atoms with Crippen LogP contribution < -0.4 is 5.32 Å². The molecule has 0 aromatic heterocycles. The van der Waals surface area contributed by atoms with Crippen LogP contribution in [0.3, 0.4) is 0 Å². The van der Waals surface area contributed by atoms with E-state index >= 15 is 0 Å². The number of alkyl halides is 3. The van der Waals surface area contributed by atoms with E-state index in [1.54, 1.807) is 0 Å². The third kappa shape index (κ3) is 2.18. The van der Waals surface area contributed by atoms with E-state index in [-0.39, 0.29) is 6.04 Å². The summed E-state index contributed by atoms with van der Waals surface area (Å²) in [5, 5.41) is 3.15. The van der Waals surface area contributed by atoms with Gasteiger partial charge in [-0.15, -0.1) is 0 Å². The molecule has 0 amide bonds. The van der Waals surface area contributed by atoms with E-state index in [4.69, 9.17) is 0 Å². The fraction of sp³-hybridized carbons (Fsp3) is 0.400. The zero-order valence-electron chi connectivity index (χ0n) is 7.74. The van der Waals surface area contributed by atoms with Crippen molar-refractivity contribution >= 4 is 15.9 Å². The maximum Gasteiger partial charge on any atom is 0.416 e. The summed E-state index contributed by atoms with van der Waals surface area (Å²) in [6.07, 6.45) is -3.29. The fourth-order valence-electron chi connectivity index (χ4n) is 1.54. The summed E-state index contributed by atoms with van der Waals surface area (Å²) in [4.78, 5) is 0. The lowest BCUT2D eigenvalue weighted by atomic mass is 9.97. The Kier molecular flexibility index (Phi) is 2.77. The van der Waals surface area contributed by atoms with E-state index in [1.807, 2.05) is 0 Å². The van der Waals surface area contributed by atoms with Crippen molar-refractivity contribution in [2.24, 2.45) is 0 Å². The Morgan fingerprint density at radius 3 is 2.40 bits per heavy atom.